The van der Waals surface area contributed by atoms with Crippen LogP contribution in [0.4, 0.5) is 10.1 Å². The molecule has 20 heavy (non-hydrogen) atoms. The second-order valence-corrected chi connectivity index (χ2v) is 5.85. The molecule has 2 N–H and O–H groups in total. The summed E-state index contributed by atoms with van der Waals surface area (Å²) >= 11 is 0. The standard InChI is InChI=1S/C16H20FN3/c17-14-7-6-12(9-11(14)10-18)20-16-4-1-3-13(16)15-5-2-8-19-15/h6-7,9,13,15-16,19-20H,1-5,8H2. The summed E-state index contributed by atoms with van der Waals surface area (Å²) in [6, 6.07) is 7.67. The van der Waals surface area contributed by atoms with Crippen LogP contribution in [0.3, 0.4) is 0 Å². The number of benzene rings is 1. The second-order valence-electron chi connectivity index (χ2n) is 5.85. The van der Waals surface area contributed by atoms with E-state index in [0.29, 0.717) is 18.0 Å². The molecule has 1 aliphatic heterocycles. The summed E-state index contributed by atoms with van der Waals surface area (Å²) in [5, 5.41) is 16.0. The summed E-state index contributed by atoms with van der Waals surface area (Å²) < 4.78 is 13.3. The van der Waals surface area contributed by atoms with Gasteiger partial charge in [-0.15, -0.1) is 0 Å². The third-order valence-corrected chi connectivity index (χ3v) is 4.62. The van der Waals surface area contributed by atoms with Crippen molar-refractivity contribution in [3.8, 4) is 6.07 Å². The van der Waals surface area contributed by atoms with Crippen LogP contribution in [-0.4, -0.2) is 18.6 Å². The van der Waals surface area contributed by atoms with Crippen molar-refractivity contribution in [3.63, 3.8) is 0 Å². The molecular formula is C16H20FN3. The zero-order valence-corrected chi connectivity index (χ0v) is 11.5. The Balaban J connectivity index is 1.71. The molecule has 3 rings (SSSR count). The number of nitrogens with one attached hydrogen (secondary N) is 2. The molecule has 1 saturated heterocycles. The highest BCUT2D eigenvalue weighted by atomic mass is 19.1. The summed E-state index contributed by atoms with van der Waals surface area (Å²) in [6.45, 7) is 1.13. The molecule has 0 spiro atoms. The van der Waals surface area contributed by atoms with E-state index in [1.807, 2.05) is 6.07 Å². The van der Waals surface area contributed by atoms with Crippen LogP contribution in [0.15, 0.2) is 18.2 Å². The molecule has 1 heterocycles. The van der Waals surface area contributed by atoms with Crippen LogP contribution in [0.25, 0.3) is 0 Å². The highest BCUT2D eigenvalue weighted by molar-refractivity contribution is 5.50. The number of nitriles is 1. The summed E-state index contributed by atoms with van der Waals surface area (Å²) in [5.74, 6) is 0.201. The summed E-state index contributed by atoms with van der Waals surface area (Å²) in [5.41, 5.74) is 0.974. The number of anilines is 1. The predicted octanol–water partition coefficient (Wildman–Crippen LogP) is 3.03. The average molecular weight is 273 g/mol. The molecule has 0 bridgehead atoms. The lowest BCUT2D eigenvalue weighted by Crippen LogP contribution is -2.38. The highest BCUT2D eigenvalue weighted by Crippen LogP contribution is 2.34. The monoisotopic (exact) mass is 273 g/mol. The molecule has 0 amide bonds. The molecule has 3 unspecified atom stereocenters. The first kappa shape index (κ1) is 13.4. The summed E-state index contributed by atoms with van der Waals surface area (Å²) in [4.78, 5) is 0. The minimum atomic E-state index is -0.446. The van der Waals surface area contributed by atoms with Gasteiger partial charge in [-0.2, -0.15) is 5.26 Å². The third kappa shape index (κ3) is 2.64. The minimum absolute atomic E-state index is 0.114. The van der Waals surface area contributed by atoms with Crippen LogP contribution in [0, 0.1) is 23.1 Å². The van der Waals surface area contributed by atoms with E-state index in [-0.39, 0.29) is 5.56 Å². The van der Waals surface area contributed by atoms with Crippen molar-refractivity contribution in [1.29, 1.82) is 5.26 Å². The highest BCUT2D eigenvalue weighted by Gasteiger charge is 2.34. The normalized spacial score (nSPS) is 29.3. The fourth-order valence-corrected chi connectivity index (χ4v) is 3.64. The zero-order chi connectivity index (χ0) is 13.9. The summed E-state index contributed by atoms with van der Waals surface area (Å²) in [6.07, 6.45) is 6.18. The number of hydrogen-bond acceptors (Lipinski definition) is 3. The van der Waals surface area contributed by atoms with E-state index >= 15 is 0 Å². The van der Waals surface area contributed by atoms with Crippen LogP contribution in [0.2, 0.25) is 0 Å². The van der Waals surface area contributed by atoms with E-state index < -0.39 is 5.82 Å². The van der Waals surface area contributed by atoms with Crippen LogP contribution in [-0.2, 0) is 0 Å². The first-order chi connectivity index (χ1) is 9.78. The van der Waals surface area contributed by atoms with Gasteiger partial charge in [0, 0.05) is 17.8 Å². The molecule has 3 atom stereocenters. The van der Waals surface area contributed by atoms with Gasteiger partial charge in [-0.1, -0.05) is 6.42 Å². The van der Waals surface area contributed by atoms with Gasteiger partial charge in [-0.3, -0.25) is 0 Å². The topological polar surface area (TPSA) is 47.9 Å². The molecule has 2 aliphatic rings. The SMILES string of the molecule is N#Cc1cc(NC2CCCC2C2CCCN2)ccc1F. The zero-order valence-electron chi connectivity index (χ0n) is 11.5. The molecule has 1 aliphatic carbocycles. The largest absolute Gasteiger partial charge is 0.382 e. The maximum Gasteiger partial charge on any atom is 0.141 e. The van der Waals surface area contributed by atoms with Crippen molar-refractivity contribution in [2.75, 3.05) is 11.9 Å². The second kappa shape index (κ2) is 5.80. The van der Waals surface area contributed by atoms with E-state index in [4.69, 9.17) is 5.26 Å². The maximum absolute atomic E-state index is 13.3. The maximum atomic E-state index is 13.3. The van der Waals surface area contributed by atoms with Gasteiger partial charge >= 0.3 is 0 Å². The first-order valence-electron chi connectivity index (χ1n) is 7.47. The molecule has 1 saturated carbocycles. The van der Waals surface area contributed by atoms with Crippen molar-refractivity contribution in [2.24, 2.45) is 5.92 Å². The van der Waals surface area contributed by atoms with Gasteiger partial charge in [0.1, 0.15) is 11.9 Å². The van der Waals surface area contributed by atoms with Crippen molar-refractivity contribution in [2.45, 2.75) is 44.2 Å². The van der Waals surface area contributed by atoms with Gasteiger partial charge in [0.15, 0.2) is 0 Å². The first-order valence-corrected chi connectivity index (χ1v) is 7.47. The number of nitrogens with zero attached hydrogens (tertiary/aromatic N) is 1. The molecule has 2 fully saturated rings. The Labute approximate surface area is 119 Å². The lowest BCUT2D eigenvalue weighted by Gasteiger charge is -2.27. The van der Waals surface area contributed by atoms with Crippen molar-refractivity contribution >= 4 is 5.69 Å². The lowest BCUT2D eigenvalue weighted by atomic mass is 9.93. The van der Waals surface area contributed by atoms with Crippen LogP contribution < -0.4 is 10.6 Å². The Morgan fingerprint density at radius 3 is 2.90 bits per heavy atom. The molecule has 1 aromatic rings. The quantitative estimate of drug-likeness (QED) is 0.890. The lowest BCUT2D eigenvalue weighted by molar-refractivity contribution is 0.376. The fourth-order valence-electron chi connectivity index (χ4n) is 3.64. The smallest absolute Gasteiger partial charge is 0.141 e. The molecule has 0 radical (unpaired) electrons. The third-order valence-electron chi connectivity index (χ3n) is 4.62. The fraction of sp³-hybridized carbons (Fsp3) is 0.562. The number of halogens is 1. The Hall–Kier alpha value is -1.60. The molecular weight excluding hydrogens is 253 g/mol. The predicted molar refractivity (Wildman–Crippen MR) is 76.9 cm³/mol. The van der Waals surface area contributed by atoms with Gasteiger partial charge in [0.25, 0.3) is 0 Å². The van der Waals surface area contributed by atoms with Crippen molar-refractivity contribution in [1.82, 2.24) is 5.32 Å². The Morgan fingerprint density at radius 1 is 1.25 bits per heavy atom. The molecule has 106 valence electrons. The molecule has 1 aromatic carbocycles. The van der Waals surface area contributed by atoms with Crippen LogP contribution in [0.1, 0.15) is 37.7 Å². The molecule has 3 nitrogen and oxygen atoms in total. The van der Waals surface area contributed by atoms with E-state index in [9.17, 15) is 4.39 Å². The molecule has 4 heteroatoms. The van der Waals surface area contributed by atoms with Crippen molar-refractivity contribution < 1.29 is 4.39 Å². The van der Waals surface area contributed by atoms with E-state index in [0.717, 1.165) is 18.7 Å². The Bertz CT molecular complexity index is 517. The van der Waals surface area contributed by atoms with Crippen LogP contribution in [0.5, 0.6) is 0 Å². The number of rotatable bonds is 3. The Kier molecular flexibility index (Phi) is 3.88. The van der Waals surface area contributed by atoms with Gasteiger partial charge < -0.3 is 10.6 Å². The van der Waals surface area contributed by atoms with Gasteiger partial charge in [0.05, 0.1) is 5.56 Å². The average Bonchev–Trinajstić information content (AvgIpc) is 3.11. The summed E-state index contributed by atoms with van der Waals surface area (Å²) in [7, 11) is 0. The van der Waals surface area contributed by atoms with E-state index in [1.54, 1.807) is 12.1 Å². The van der Waals surface area contributed by atoms with Crippen molar-refractivity contribution in [3.05, 3.63) is 29.6 Å². The van der Waals surface area contributed by atoms with E-state index in [1.165, 1.54) is 31.7 Å². The minimum Gasteiger partial charge on any atom is -0.382 e. The van der Waals surface area contributed by atoms with E-state index in [2.05, 4.69) is 10.6 Å². The van der Waals surface area contributed by atoms with Gasteiger partial charge in [-0.25, -0.2) is 4.39 Å². The molecule has 0 aromatic heterocycles. The number of hydrogen-bond donors (Lipinski definition) is 2. The van der Waals surface area contributed by atoms with Gasteiger partial charge in [-0.05, 0) is 56.3 Å². The Morgan fingerprint density at radius 2 is 2.15 bits per heavy atom. The van der Waals surface area contributed by atoms with Crippen LogP contribution >= 0.6 is 0 Å². The van der Waals surface area contributed by atoms with Gasteiger partial charge in [0.2, 0.25) is 0 Å².